The lowest BCUT2D eigenvalue weighted by molar-refractivity contribution is -0.221. The minimum atomic E-state index is -2.27. The zero-order chi connectivity index (χ0) is 26.3. The number of hydrogen-bond donors (Lipinski definition) is 1. The molecule has 9 heteroatoms. The summed E-state index contributed by atoms with van der Waals surface area (Å²) >= 11 is 0.912. The van der Waals surface area contributed by atoms with Crippen LogP contribution in [0.25, 0.3) is 0 Å². The largest absolute Gasteiger partial charge is 0.457 e. The number of ether oxygens (including phenoxy) is 1. The van der Waals surface area contributed by atoms with Crippen molar-refractivity contribution < 1.29 is 37.4 Å². The Morgan fingerprint density at radius 1 is 1.25 bits per heavy atom. The van der Waals surface area contributed by atoms with E-state index in [0.29, 0.717) is 6.42 Å². The highest BCUT2D eigenvalue weighted by molar-refractivity contribution is 8.13. The zero-order valence-electron chi connectivity index (χ0n) is 20.6. The van der Waals surface area contributed by atoms with Gasteiger partial charge in [-0.15, -0.1) is 0 Å². The highest BCUT2D eigenvalue weighted by Crippen LogP contribution is 2.72. The average Bonchev–Trinajstić information content (AvgIpc) is 3.44. The third-order valence-electron chi connectivity index (χ3n) is 9.63. The summed E-state index contributed by atoms with van der Waals surface area (Å²) in [7, 11) is 0. The van der Waals surface area contributed by atoms with Gasteiger partial charge in [0.2, 0.25) is 10.9 Å². The van der Waals surface area contributed by atoms with Gasteiger partial charge < -0.3 is 14.3 Å². The smallest absolute Gasteiger partial charge is 0.375 e. The quantitative estimate of drug-likeness (QED) is 0.581. The van der Waals surface area contributed by atoms with E-state index in [1.54, 1.807) is 20.1 Å². The van der Waals surface area contributed by atoms with Crippen molar-refractivity contribution in [3.8, 4) is 0 Å². The number of carbonyl (C=O) groups is 3. The van der Waals surface area contributed by atoms with Crippen LogP contribution in [0.5, 0.6) is 0 Å². The summed E-state index contributed by atoms with van der Waals surface area (Å²) in [6, 6.07) is 2.96. The Hall–Kier alpha value is -2.26. The van der Waals surface area contributed by atoms with Gasteiger partial charge in [0.05, 0.1) is 12.4 Å². The van der Waals surface area contributed by atoms with Crippen LogP contribution in [0.3, 0.4) is 0 Å². The Morgan fingerprint density at radius 3 is 2.61 bits per heavy atom. The fourth-order valence-corrected chi connectivity index (χ4v) is 8.74. The molecule has 9 atom stereocenters. The van der Waals surface area contributed by atoms with Crippen LogP contribution in [0.2, 0.25) is 0 Å². The van der Waals surface area contributed by atoms with E-state index >= 15 is 8.78 Å². The van der Waals surface area contributed by atoms with Gasteiger partial charge in [0.1, 0.15) is 6.17 Å². The molecule has 194 valence electrons. The first kappa shape index (κ1) is 25.4. The van der Waals surface area contributed by atoms with Gasteiger partial charge >= 0.3 is 5.97 Å². The van der Waals surface area contributed by atoms with Gasteiger partial charge in [0.15, 0.2) is 17.1 Å². The van der Waals surface area contributed by atoms with Gasteiger partial charge in [-0.2, -0.15) is 0 Å². The van der Waals surface area contributed by atoms with Crippen LogP contribution in [-0.2, 0) is 14.3 Å². The predicted molar refractivity (Wildman–Crippen MR) is 129 cm³/mol. The van der Waals surface area contributed by atoms with Gasteiger partial charge in [0.25, 0.3) is 0 Å². The number of alkyl halides is 2. The van der Waals surface area contributed by atoms with E-state index in [1.165, 1.54) is 37.5 Å². The molecule has 5 rings (SSSR count). The van der Waals surface area contributed by atoms with Gasteiger partial charge in [-0.25, -0.2) is 13.6 Å². The summed E-state index contributed by atoms with van der Waals surface area (Å²) in [5.74, 6) is -3.36. The molecule has 1 N–H and O–H groups in total. The van der Waals surface area contributed by atoms with Crippen molar-refractivity contribution in [2.45, 2.75) is 63.6 Å². The molecule has 3 fully saturated rings. The van der Waals surface area contributed by atoms with Gasteiger partial charge in [-0.1, -0.05) is 31.7 Å². The van der Waals surface area contributed by atoms with E-state index < -0.39 is 69.0 Å². The molecule has 6 nitrogen and oxygen atoms in total. The monoisotopic (exact) mass is 520 g/mol. The van der Waals surface area contributed by atoms with Gasteiger partial charge in [-0.05, 0) is 68.2 Å². The van der Waals surface area contributed by atoms with E-state index in [9.17, 15) is 19.5 Å². The summed E-state index contributed by atoms with van der Waals surface area (Å²) in [6.45, 7) is 5.05. The normalized spacial score (nSPS) is 45.4. The Kier molecular flexibility index (Phi) is 5.73. The molecule has 0 aromatic carbocycles. The second-order valence-electron chi connectivity index (χ2n) is 11.1. The number of halogens is 2. The van der Waals surface area contributed by atoms with E-state index in [4.69, 9.17) is 9.15 Å². The molecule has 3 saturated carbocycles. The van der Waals surface area contributed by atoms with Crippen molar-refractivity contribution in [1.29, 1.82) is 0 Å². The van der Waals surface area contributed by atoms with E-state index in [2.05, 4.69) is 0 Å². The van der Waals surface area contributed by atoms with Crippen molar-refractivity contribution in [2.75, 3.05) is 6.26 Å². The Morgan fingerprint density at radius 2 is 1.97 bits per heavy atom. The number of rotatable bonds is 3. The van der Waals surface area contributed by atoms with Crippen molar-refractivity contribution in [2.24, 2.45) is 28.6 Å². The molecule has 0 aliphatic heterocycles. The van der Waals surface area contributed by atoms with Crippen LogP contribution in [-0.4, -0.2) is 51.8 Å². The average molecular weight is 521 g/mol. The Labute approximate surface area is 212 Å². The first-order chi connectivity index (χ1) is 16.9. The minimum absolute atomic E-state index is 0.0400. The topological polar surface area (TPSA) is 93.8 Å². The van der Waals surface area contributed by atoms with Gasteiger partial charge in [-0.3, -0.25) is 9.59 Å². The number of hydrogen-bond acceptors (Lipinski definition) is 7. The highest BCUT2D eigenvalue weighted by Gasteiger charge is 2.78. The lowest BCUT2D eigenvalue weighted by atomic mass is 9.44. The third kappa shape index (κ3) is 2.96. The van der Waals surface area contributed by atoms with Crippen molar-refractivity contribution >= 4 is 28.6 Å². The van der Waals surface area contributed by atoms with Crippen LogP contribution in [0, 0.1) is 28.6 Å². The molecular formula is C27H30F2O6S. The summed E-state index contributed by atoms with van der Waals surface area (Å²) in [5.41, 5.74) is -6.60. The zero-order valence-corrected chi connectivity index (χ0v) is 21.4. The number of furan rings is 1. The molecule has 0 bridgehead atoms. The van der Waals surface area contributed by atoms with E-state index in [1.807, 2.05) is 0 Å². The number of fused-ring (bicyclic) bond motifs is 5. The maximum absolute atomic E-state index is 17.4. The van der Waals surface area contributed by atoms with Gasteiger partial charge in [0, 0.05) is 22.7 Å². The third-order valence-corrected chi connectivity index (χ3v) is 10.3. The molecule has 4 aliphatic rings. The molecule has 0 saturated heterocycles. The van der Waals surface area contributed by atoms with Crippen molar-refractivity contribution in [3.63, 3.8) is 0 Å². The number of esters is 1. The number of ketones is 1. The molecule has 1 aromatic rings. The molecule has 4 aliphatic carbocycles. The van der Waals surface area contributed by atoms with Crippen LogP contribution in [0.15, 0.2) is 46.6 Å². The van der Waals surface area contributed by atoms with Crippen molar-refractivity contribution in [3.05, 3.63) is 48.0 Å². The number of aliphatic hydroxyl groups is 1. The van der Waals surface area contributed by atoms with Crippen LogP contribution in [0.4, 0.5) is 8.78 Å². The standard InChI is InChI=1S/C27H30F2O6S/c1-14-10-16-17-12-19(28)18-11-15(30)7-8-24(18,2)26(17,29)21(31)13-25(16,3)27(14,23(33)36-4)35-22(32)20-6-5-9-34-20/h5-9,11,14,16-17,19,21,31H,10,12-13H2,1-4H3/t14-,16?,17?,19+,21+,24+,25+,26+,27+/m1/s1. The van der Waals surface area contributed by atoms with Crippen molar-refractivity contribution in [1.82, 2.24) is 0 Å². The van der Waals surface area contributed by atoms with E-state index in [0.717, 1.165) is 17.8 Å². The molecule has 0 radical (unpaired) electrons. The predicted octanol–water partition coefficient (Wildman–Crippen LogP) is 4.63. The number of aliphatic hydroxyl groups excluding tert-OH is 1. The lowest BCUT2D eigenvalue weighted by Gasteiger charge is -2.63. The van der Waals surface area contributed by atoms with E-state index in [-0.39, 0.29) is 24.2 Å². The molecule has 2 unspecified atom stereocenters. The number of thioether (sulfide) groups is 1. The SMILES string of the molecule is CSC(=O)[C@@]1(OC(=O)c2ccco2)[C@H](C)CC2C3C[C@H](F)C4=CC(=O)C=C[C@]4(C)[C@@]3(F)[C@@H](O)C[C@@]21C. The maximum atomic E-state index is 17.4. The number of carbonyl (C=O) groups excluding carboxylic acids is 3. The van der Waals surface area contributed by atoms with Crippen LogP contribution >= 0.6 is 11.8 Å². The molecule has 1 heterocycles. The minimum Gasteiger partial charge on any atom is -0.457 e. The summed E-state index contributed by atoms with van der Waals surface area (Å²) in [5, 5.41) is 11.1. The summed E-state index contributed by atoms with van der Waals surface area (Å²) in [6.07, 6.45) is 3.38. The van der Waals surface area contributed by atoms with Crippen LogP contribution in [0.1, 0.15) is 50.6 Å². The lowest BCUT2D eigenvalue weighted by Crippen LogP contribution is -2.70. The molecule has 0 amide bonds. The summed E-state index contributed by atoms with van der Waals surface area (Å²) < 4.78 is 44.2. The molecule has 0 spiro atoms. The first-order valence-corrected chi connectivity index (χ1v) is 13.4. The van der Waals surface area contributed by atoms with Crippen LogP contribution < -0.4 is 0 Å². The second-order valence-corrected chi connectivity index (χ2v) is 11.9. The second kappa shape index (κ2) is 8.12. The fraction of sp³-hybridized carbons (Fsp3) is 0.593. The highest BCUT2D eigenvalue weighted by atomic mass is 32.2. The maximum Gasteiger partial charge on any atom is 0.375 e. The molecule has 1 aromatic heterocycles. The molecule has 36 heavy (non-hydrogen) atoms. The Balaban J connectivity index is 1.64. The first-order valence-electron chi connectivity index (χ1n) is 12.2. The summed E-state index contributed by atoms with van der Waals surface area (Å²) in [4.78, 5) is 38.7. The Bertz CT molecular complexity index is 1180. The fourth-order valence-electron chi connectivity index (χ4n) is 7.96. The molecular weight excluding hydrogens is 490 g/mol. The number of allylic oxidation sites excluding steroid dienone is 4.